The molecule has 1 aliphatic rings. The molecule has 0 radical (unpaired) electrons. The first-order valence-corrected chi connectivity index (χ1v) is 7.09. The van der Waals surface area contributed by atoms with E-state index >= 15 is 0 Å². The van der Waals surface area contributed by atoms with Crippen LogP contribution in [0.5, 0.6) is 0 Å². The molecule has 9 nitrogen and oxygen atoms in total. The Labute approximate surface area is 122 Å². The van der Waals surface area contributed by atoms with Gasteiger partial charge in [0.25, 0.3) is 17.0 Å². The van der Waals surface area contributed by atoms with Gasteiger partial charge in [-0.3, -0.25) is 19.0 Å². The summed E-state index contributed by atoms with van der Waals surface area (Å²) >= 11 is -2.35. The number of non-ortho nitro benzene ring substituents is 1. The van der Waals surface area contributed by atoms with E-state index in [9.17, 15) is 23.7 Å². The fourth-order valence-electron chi connectivity index (χ4n) is 2.26. The molecule has 1 heterocycles. The topological polar surface area (TPSA) is 124 Å². The van der Waals surface area contributed by atoms with Crippen molar-refractivity contribution in [2.45, 2.75) is 12.5 Å². The Morgan fingerprint density at radius 1 is 1.43 bits per heavy atom. The molecule has 0 aliphatic carbocycles. The van der Waals surface area contributed by atoms with Gasteiger partial charge in [-0.15, -0.1) is 0 Å². The lowest BCUT2D eigenvalue weighted by molar-refractivity contribution is -0.384. The van der Waals surface area contributed by atoms with Crippen LogP contribution < -0.4 is 4.31 Å². The first-order valence-electron chi connectivity index (χ1n) is 6.02. The summed E-state index contributed by atoms with van der Waals surface area (Å²) in [6.07, 6.45) is -0.667. The molecule has 2 rings (SSSR count). The maximum absolute atomic E-state index is 11.5. The van der Waals surface area contributed by atoms with E-state index < -0.39 is 28.3 Å². The number of nitrogens with zero attached hydrogens (tertiary/aromatic N) is 3. The minimum absolute atomic E-state index is 0.110. The molecule has 2 N–H and O–H groups in total. The Morgan fingerprint density at radius 2 is 2.05 bits per heavy atom. The van der Waals surface area contributed by atoms with Crippen LogP contribution in [-0.4, -0.2) is 48.9 Å². The van der Waals surface area contributed by atoms with Gasteiger partial charge in [-0.2, -0.15) is 0 Å². The van der Waals surface area contributed by atoms with Crippen LogP contribution in [0.2, 0.25) is 0 Å². The van der Waals surface area contributed by atoms with Crippen molar-refractivity contribution in [3.05, 3.63) is 34.4 Å². The monoisotopic (exact) mass is 315 g/mol. The number of carbonyl (C=O) groups is 1. The maximum atomic E-state index is 11.5. The number of carboxylic acid groups (broad SMARTS) is 1. The average Bonchev–Trinajstić information content (AvgIpc) is 2.88. The standard InChI is InChI=1S/C11H13N3O6S/c15-11(16)12-6-5-10(7-12)13(21(19)20)8-1-3-9(4-2-8)14(17)18/h1-4,10H,5-7H2,(H,15,16)(H,19,20)/t10-/m1/s1. The molecule has 1 aromatic carbocycles. The molecule has 0 spiro atoms. The summed E-state index contributed by atoms with van der Waals surface area (Å²) in [5, 5.41) is 19.5. The summed E-state index contributed by atoms with van der Waals surface area (Å²) in [7, 11) is 0. The minimum atomic E-state index is -2.35. The Balaban J connectivity index is 2.22. The molecule has 1 saturated heterocycles. The lowest BCUT2D eigenvalue weighted by atomic mass is 10.2. The van der Waals surface area contributed by atoms with E-state index in [1.54, 1.807) is 0 Å². The quantitative estimate of drug-likeness (QED) is 0.490. The SMILES string of the molecule is O=C(O)N1CC[C@@H](N(c2ccc([N+](=O)[O-])cc2)S(=O)O)C1. The number of hydrogen-bond acceptors (Lipinski definition) is 4. The number of nitro groups is 1. The van der Waals surface area contributed by atoms with E-state index in [1.807, 2.05) is 0 Å². The second-order valence-electron chi connectivity index (χ2n) is 4.50. The summed E-state index contributed by atoms with van der Waals surface area (Å²) in [6.45, 7) is 0.388. The van der Waals surface area contributed by atoms with Crippen LogP contribution in [-0.2, 0) is 11.3 Å². The second kappa shape index (κ2) is 6.06. The van der Waals surface area contributed by atoms with Crippen molar-refractivity contribution in [3.8, 4) is 0 Å². The number of likely N-dealkylation sites (tertiary alicyclic amines) is 1. The molecule has 2 atom stereocenters. The van der Waals surface area contributed by atoms with Crippen LogP contribution in [0, 0.1) is 10.1 Å². The lowest BCUT2D eigenvalue weighted by Crippen LogP contribution is -2.39. The van der Waals surface area contributed by atoms with E-state index in [4.69, 9.17) is 5.11 Å². The van der Waals surface area contributed by atoms with Crippen molar-refractivity contribution in [2.75, 3.05) is 17.4 Å². The summed E-state index contributed by atoms with van der Waals surface area (Å²) in [4.78, 5) is 22.1. The Bertz CT molecular complexity index is 578. The molecule has 0 aromatic heterocycles. The van der Waals surface area contributed by atoms with Crippen molar-refractivity contribution >= 4 is 28.7 Å². The molecule has 1 aromatic rings. The summed E-state index contributed by atoms with van der Waals surface area (Å²) in [5.41, 5.74) is 0.208. The highest BCUT2D eigenvalue weighted by molar-refractivity contribution is 7.80. The van der Waals surface area contributed by atoms with Crippen molar-refractivity contribution in [2.24, 2.45) is 0 Å². The third kappa shape index (κ3) is 3.28. The van der Waals surface area contributed by atoms with Crippen LogP contribution in [0.1, 0.15) is 6.42 Å². The number of rotatable bonds is 4. The van der Waals surface area contributed by atoms with E-state index in [0.717, 1.165) is 9.21 Å². The normalized spacial score (nSPS) is 19.3. The van der Waals surface area contributed by atoms with Crippen LogP contribution in [0.4, 0.5) is 16.2 Å². The fraction of sp³-hybridized carbons (Fsp3) is 0.364. The van der Waals surface area contributed by atoms with Crippen molar-refractivity contribution in [1.82, 2.24) is 4.90 Å². The molecule has 0 bridgehead atoms. The summed E-state index contributed by atoms with van der Waals surface area (Å²) < 4.78 is 22.1. The first kappa shape index (κ1) is 15.2. The van der Waals surface area contributed by atoms with E-state index in [1.165, 1.54) is 24.3 Å². The van der Waals surface area contributed by atoms with Crippen LogP contribution in [0.15, 0.2) is 24.3 Å². The number of anilines is 1. The van der Waals surface area contributed by atoms with Gasteiger partial charge in [0.15, 0.2) is 0 Å². The maximum Gasteiger partial charge on any atom is 0.407 e. The highest BCUT2D eigenvalue weighted by Crippen LogP contribution is 2.26. The lowest BCUT2D eigenvalue weighted by Gasteiger charge is -2.26. The zero-order valence-corrected chi connectivity index (χ0v) is 11.6. The smallest absolute Gasteiger partial charge is 0.407 e. The minimum Gasteiger partial charge on any atom is -0.465 e. The van der Waals surface area contributed by atoms with Gasteiger partial charge in [-0.25, -0.2) is 9.00 Å². The van der Waals surface area contributed by atoms with Crippen molar-refractivity contribution < 1.29 is 23.6 Å². The van der Waals surface area contributed by atoms with E-state index in [2.05, 4.69) is 0 Å². The molecule has 0 saturated carbocycles. The zero-order chi connectivity index (χ0) is 15.6. The van der Waals surface area contributed by atoms with Crippen molar-refractivity contribution in [3.63, 3.8) is 0 Å². The molecule has 1 fully saturated rings. The molecular formula is C11H13N3O6S. The third-order valence-corrected chi connectivity index (χ3v) is 4.09. The highest BCUT2D eigenvalue weighted by atomic mass is 32.2. The van der Waals surface area contributed by atoms with Crippen molar-refractivity contribution in [1.29, 1.82) is 0 Å². The van der Waals surface area contributed by atoms with Gasteiger partial charge in [0, 0.05) is 25.2 Å². The van der Waals surface area contributed by atoms with Crippen LogP contribution >= 0.6 is 0 Å². The van der Waals surface area contributed by atoms with Gasteiger partial charge in [0.1, 0.15) is 0 Å². The van der Waals surface area contributed by atoms with Gasteiger partial charge >= 0.3 is 6.09 Å². The third-order valence-electron chi connectivity index (χ3n) is 3.25. The molecule has 1 unspecified atom stereocenters. The number of amides is 1. The van der Waals surface area contributed by atoms with Gasteiger partial charge in [0.2, 0.25) is 0 Å². The number of benzene rings is 1. The fourth-order valence-corrected chi connectivity index (χ4v) is 2.99. The predicted octanol–water partition coefficient (Wildman–Crippen LogP) is 1.29. The molecule has 1 aliphatic heterocycles. The van der Waals surface area contributed by atoms with E-state index in [-0.39, 0.29) is 18.8 Å². The molecule has 1 amide bonds. The number of hydrogen-bond donors (Lipinski definition) is 2. The van der Waals surface area contributed by atoms with E-state index in [0.29, 0.717) is 12.1 Å². The summed E-state index contributed by atoms with van der Waals surface area (Å²) in [5.74, 6) is 0. The highest BCUT2D eigenvalue weighted by Gasteiger charge is 2.33. The van der Waals surface area contributed by atoms with Gasteiger partial charge in [-0.1, -0.05) is 0 Å². The van der Waals surface area contributed by atoms with Crippen LogP contribution in [0.3, 0.4) is 0 Å². The average molecular weight is 315 g/mol. The first-order chi connectivity index (χ1) is 9.90. The Kier molecular flexibility index (Phi) is 4.38. The van der Waals surface area contributed by atoms with Gasteiger partial charge < -0.3 is 10.0 Å². The number of nitro benzene ring substituents is 1. The zero-order valence-electron chi connectivity index (χ0n) is 10.8. The predicted molar refractivity (Wildman–Crippen MR) is 74.3 cm³/mol. The summed E-state index contributed by atoms with van der Waals surface area (Å²) in [6, 6.07) is 4.76. The molecule has 10 heteroatoms. The second-order valence-corrected chi connectivity index (χ2v) is 5.36. The molecule has 114 valence electrons. The largest absolute Gasteiger partial charge is 0.465 e. The molecular weight excluding hydrogens is 302 g/mol. The van der Waals surface area contributed by atoms with Crippen LogP contribution in [0.25, 0.3) is 0 Å². The Hall–Kier alpha value is -2.20. The van der Waals surface area contributed by atoms with Gasteiger partial charge in [-0.05, 0) is 18.6 Å². The molecule has 21 heavy (non-hydrogen) atoms. The Morgan fingerprint density at radius 3 is 2.48 bits per heavy atom. The van der Waals surface area contributed by atoms with Gasteiger partial charge in [0.05, 0.1) is 16.7 Å².